The smallest absolute Gasteiger partial charge is 0.258 e. The molecule has 2 heterocycles. The van der Waals surface area contributed by atoms with Gasteiger partial charge in [0.05, 0.1) is 5.56 Å². The lowest BCUT2D eigenvalue weighted by Crippen LogP contribution is -2.36. The molecular formula is C16H20N2O5. The predicted octanol–water partition coefficient (Wildman–Crippen LogP) is 0.947. The molecule has 0 atom stereocenters. The van der Waals surface area contributed by atoms with Gasteiger partial charge in [0.1, 0.15) is 0 Å². The first-order chi connectivity index (χ1) is 11.0. The van der Waals surface area contributed by atoms with E-state index in [4.69, 9.17) is 14.2 Å². The van der Waals surface area contributed by atoms with Gasteiger partial charge in [-0.1, -0.05) is 0 Å². The second-order valence-corrected chi connectivity index (χ2v) is 5.96. The number of nitrogens with zero attached hydrogens (tertiary/aromatic N) is 1. The number of fused-ring (bicyclic) bond motifs is 2. The van der Waals surface area contributed by atoms with E-state index < -0.39 is 0 Å². The van der Waals surface area contributed by atoms with Crippen LogP contribution in [0, 0.1) is 0 Å². The van der Waals surface area contributed by atoms with Gasteiger partial charge in [0, 0.05) is 19.6 Å². The molecular weight excluding hydrogens is 300 g/mol. The highest BCUT2D eigenvalue weighted by Gasteiger charge is 2.33. The molecule has 7 nitrogen and oxygen atoms in total. The van der Waals surface area contributed by atoms with Crippen LogP contribution >= 0.6 is 0 Å². The van der Waals surface area contributed by atoms with Gasteiger partial charge in [0.15, 0.2) is 18.1 Å². The molecule has 1 aromatic carbocycles. The molecule has 0 saturated carbocycles. The number of benzene rings is 1. The van der Waals surface area contributed by atoms with Crippen molar-refractivity contribution in [3.63, 3.8) is 0 Å². The molecule has 2 aliphatic rings. The summed E-state index contributed by atoms with van der Waals surface area (Å²) in [6.07, 6.45) is 0.711. The lowest BCUT2D eigenvalue weighted by molar-refractivity contribution is -0.123. The number of hydrogen-bond donors (Lipinski definition) is 1. The predicted molar refractivity (Wildman–Crippen MR) is 82.0 cm³/mol. The molecule has 0 aliphatic carbocycles. The lowest BCUT2D eigenvalue weighted by atomic mass is 9.97. The minimum atomic E-state index is -0.248. The number of ether oxygens (including phenoxy) is 3. The quantitative estimate of drug-likeness (QED) is 0.894. The first-order valence-corrected chi connectivity index (χ1v) is 7.60. The van der Waals surface area contributed by atoms with Crippen LogP contribution in [0.25, 0.3) is 0 Å². The van der Waals surface area contributed by atoms with Crippen LogP contribution in [0.1, 0.15) is 29.8 Å². The van der Waals surface area contributed by atoms with Gasteiger partial charge in [-0.25, -0.2) is 0 Å². The largest absolute Gasteiger partial charge is 0.479 e. The number of rotatable bonds is 4. The van der Waals surface area contributed by atoms with Crippen molar-refractivity contribution in [3.05, 3.63) is 17.2 Å². The summed E-state index contributed by atoms with van der Waals surface area (Å²) in [5.74, 6) is 0.862. The Balaban J connectivity index is 1.93. The molecule has 0 saturated heterocycles. The van der Waals surface area contributed by atoms with Gasteiger partial charge in [0.25, 0.3) is 11.8 Å². The third kappa shape index (κ3) is 2.91. The van der Waals surface area contributed by atoms with E-state index in [1.807, 2.05) is 19.9 Å². The van der Waals surface area contributed by atoms with Gasteiger partial charge in [0.2, 0.25) is 12.5 Å². The van der Waals surface area contributed by atoms with Crippen molar-refractivity contribution in [2.24, 2.45) is 0 Å². The second-order valence-electron chi connectivity index (χ2n) is 5.96. The molecule has 0 spiro atoms. The minimum absolute atomic E-state index is 0.0221. The van der Waals surface area contributed by atoms with E-state index in [1.54, 1.807) is 11.9 Å². The highest BCUT2D eigenvalue weighted by molar-refractivity contribution is 6.01. The average molecular weight is 320 g/mol. The summed E-state index contributed by atoms with van der Waals surface area (Å²) < 4.78 is 16.5. The Bertz CT molecular complexity index is 656. The van der Waals surface area contributed by atoms with E-state index in [9.17, 15) is 9.59 Å². The number of likely N-dealkylation sites (N-methyl/N-ethyl adjacent to an activating group) is 1. The van der Waals surface area contributed by atoms with Gasteiger partial charge in [-0.05, 0) is 31.9 Å². The first-order valence-electron chi connectivity index (χ1n) is 7.60. The van der Waals surface area contributed by atoms with Crippen molar-refractivity contribution < 1.29 is 23.8 Å². The number of amides is 2. The van der Waals surface area contributed by atoms with E-state index in [-0.39, 0.29) is 31.3 Å². The number of hydrogen-bond acceptors (Lipinski definition) is 5. The SMILES string of the molecule is CC(C)NC(=O)COc1c2c(cc3c1C(=O)N(C)CC3)OCO2. The fourth-order valence-corrected chi connectivity index (χ4v) is 2.71. The van der Waals surface area contributed by atoms with Crippen LogP contribution < -0.4 is 19.5 Å². The fraction of sp³-hybridized carbons (Fsp3) is 0.500. The average Bonchev–Trinajstić information content (AvgIpc) is 2.95. The molecule has 1 N–H and O–H groups in total. The summed E-state index contributed by atoms with van der Waals surface area (Å²) >= 11 is 0. The minimum Gasteiger partial charge on any atom is -0.479 e. The summed E-state index contributed by atoms with van der Waals surface area (Å²) in [6, 6.07) is 1.85. The summed E-state index contributed by atoms with van der Waals surface area (Å²) in [7, 11) is 1.74. The summed E-state index contributed by atoms with van der Waals surface area (Å²) in [6.45, 7) is 4.28. The van der Waals surface area contributed by atoms with E-state index in [2.05, 4.69) is 5.32 Å². The Morgan fingerprint density at radius 3 is 2.96 bits per heavy atom. The van der Waals surface area contributed by atoms with Gasteiger partial charge in [-0.15, -0.1) is 0 Å². The van der Waals surface area contributed by atoms with Gasteiger partial charge >= 0.3 is 0 Å². The third-order valence-electron chi connectivity index (χ3n) is 3.78. The standard InChI is InChI=1S/C16H20N2O5/c1-9(2)17-12(19)7-21-15-13-10(4-5-18(3)16(13)20)6-11-14(15)23-8-22-11/h6,9H,4-5,7-8H2,1-3H3,(H,17,19). The Hall–Kier alpha value is -2.44. The van der Waals surface area contributed by atoms with Crippen LogP contribution in [0.15, 0.2) is 6.07 Å². The normalized spacial score (nSPS) is 15.7. The number of carbonyl (C=O) groups is 2. The summed E-state index contributed by atoms with van der Waals surface area (Å²) in [5.41, 5.74) is 1.32. The molecule has 0 unspecified atom stereocenters. The van der Waals surface area contributed by atoms with Crippen LogP contribution in [0.5, 0.6) is 17.2 Å². The third-order valence-corrected chi connectivity index (χ3v) is 3.78. The molecule has 23 heavy (non-hydrogen) atoms. The molecule has 2 amide bonds. The lowest BCUT2D eigenvalue weighted by Gasteiger charge is -2.27. The van der Waals surface area contributed by atoms with E-state index in [1.165, 1.54) is 0 Å². The molecule has 1 aromatic rings. The Kier molecular flexibility index (Phi) is 4.02. The summed E-state index contributed by atoms with van der Waals surface area (Å²) in [4.78, 5) is 26.0. The maximum Gasteiger partial charge on any atom is 0.258 e. The monoisotopic (exact) mass is 320 g/mol. The fourth-order valence-electron chi connectivity index (χ4n) is 2.71. The highest BCUT2D eigenvalue weighted by atomic mass is 16.7. The second kappa shape index (κ2) is 5.98. The molecule has 3 rings (SSSR count). The molecule has 7 heteroatoms. The van der Waals surface area contributed by atoms with Crippen LogP contribution in [-0.2, 0) is 11.2 Å². The maximum absolute atomic E-state index is 12.5. The maximum atomic E-state index is 12.5. The van der Waals surface area contributed by atoms with Crippen LogP contribution in [0.3, 0.4) is 0 Å². The molecule has 2 aliphatic heterocycles. The van der Waals surface area contributed by atoms with Crippen molar-refractivity contribution in [3.8, 4) is 17.2 Å². The van der Waals surface area contributed by atoms with Crippen LogP contribution in [0.2, 0.25) is 0 Å². The van der Waals surface area contributed by atoms with Crippen LogP contribution in [0.4, 0.5) is 0 Å². The molecule has 0 fully saturated rings. The number of nitrogens with one attached hydrogen (secondary N) is 1. The van der Waals surface area contributed by atoms with Gasteiger partial charge in [-0.3, -0.25) is 9.59 Å². The first kappa shape index (κ1) is 15.5. The Morgan fingerprint density at radius 2 is 2.22 bits per heavy atom. The topological polar surface area (TPSA) is 77.1 Å². The Labute approximate surface area is 134 Å². The van der Waals surface area contributed by atoms with E-state index >= 15 is 0 Å². The van der Waals surface area contributed by atoms with E-state index in [0.29, 0.717) is 35.8 Å². The highest BCUT2D eigenvalue weighted by Crippen LogP contribution is 2.46. The number of carbonyl (C=O) groups excluding carboxylic acids is 2. The van der Waals surface area contributed by atoms with Gasteiger partial charge in [-0.2, -0.15) is 0 Å². The van der Waals surface area contributed by atoms with Crippen molar-refractivity contribution in [2.75, 3.05) is 27.0 Å². The van der Waals surface area contributed by atoms with Crippen molar-refractivity contribution >= 4 is 11.8 Å². The molecule has 0 aromatic heterocycles. The van der Waals surface area contributed by atoms with E-state index in [0.717, 1.165) is 5.56 Å². The van der Waals surface area contributed by atoms with Crippen LogP contribution in [-0.4, -0.2) is 49.7 Å². The zero-order valence-corrected chi connectivity index (χ0v) is 13.5. The van der Waals surface area contributed by atoms with Crippen molar-refractivity contribution in [2.45, 2.75) is 26.3 Å². The molecule has 0 bridgehead atoms. The Morgan fingerprint density at radius 1 is 1.43 bits per heavy atom. The molecule has 124 valence electrons. The molecule has 0 radical (unpaired) electrons. The van der Waals surface area contributed by atoms with Crippen molar-refractivity contribution in [1.29, 1.82) is 0 Å². The summed E-state index contributed by atoms with van der Waals surface area (Å²) in [5, 5.41) is 2.75. The van der Waals surface area contributed by atoms with Crippen molar-refractivity contribution in [1.82, 2.24) is 10.2 Å². The zero-order chi connectivity index (χ0) is 16.6. The van der Waals surface area contributed by atoms with Gasteiger partial charge < -0.3 is 24.4 Å². The zero-order valence-electron chi connectivity index (χ0n) is 13.5.